The van der Waals surface area contributed by atoms with E-state index in [0.717, 1.165) is 12.8 Å². The van der Waals surface area contributed by atoms with Crippen LogP contribution in [0.25, 0.3) is 0 Å². The summed E-state index contributed by atoms with van der Waals surface area (Å²) in [5, 5.41) is 8.69. The van der Waals surface area contributed by atoms with E-state index in [0.29, 0.717) is 18.2 Å². The predicted octanol–water partition coefficient (Wildman–Crippen LogP) is 1.09. The molecule has 114 valence electrons. The molecule has 1 aromatic carbocycles. The first kappa shape index (κ1) is 15.8. The summed E-state index contributed by atoms with van der Waals surface area (Å²) in [7, 11) is -3.57. The van der Waals surface area contributed by atoms with Crippen LogP contribution in [0.3, 0.4) is 0 Å². The highest BCUT2D eigenvalue weighted by Crippen LogP contribution is 2.31. The molecule has 0 radical (unpaired) electrons. The number of ether oxygens (including phenoxy) is 1. The Hall–Kier alpha value is -1.55. The van der Waals surface area contributed by atoms with Gasteiger partial charge in [0.2, 0.25) is 10.0 Å². The van der Waals surface area contributed by atoms with E-state index in [4.69, 9.17) is 16.3 Å². The summed E-state index contributed by atoms with van der Waals surface area (Å²) in [6.07, 6.45) is 7.40. The smallest absolute Gasteiger partial charge is 0.243 e. The SMILES string of the molecule is C#CCN(CC1CC1)S(=O)(=O)c1ccc(OCCO)cc1. The fraction of sp³-hybridized carbons (Fsp3) is 0.467. The molecule has 21 heavy (non-hydrogen) atoms. The number of aliphatic hydroxyl groups excluding tert-OH is 1. The highest BCUT2D eigenvalue weighted by atomic mass is 32.2. The molecule has 5 nitrogen and oxygen atoms in total. The lowest BCUT2D eigenvalue weighted by Gasteiger charge is -2.19. The third-order valence-corrected chi connectivity index (χ3v) is 5.07. The Morgan fingerprint density at radius 2 is 2.00 bits per heavy atom. The van der Waals surface area contributed by atoms with Crippen LogP contribution in [0.1, 0.15) is 12.8 Å². The third kappa shape index (κ3) is 4.21. The van der Waals surface area contributed by atoms with Crippen molar-refractivity contribution in [2.75, 3.05) is 26.3 Å². The molecular formula is C15H19NO4S. The Kier molecular flexibility index (Phi) is 5.23. The van der Waals surface area contributed by atoms with Crippen LogP contribution >= 0.6 is 0 Å². The van der Waals surface area contributed by atoms with E-state index in [1.807, 2.05) is 0 Å². The van der Waals surface area contributed by atoms with Crippen LogP contribution in [0.2, 0.25) is 0 Å². The summed E-state index contributed by atoms with van der Waals surface area (Å²) in [4.78, 5) is 0.203. The minimum atomic E-state index is -3.57. The molecule has 1 aliphatic rings. The molecule has 0 heterocycles. The molecule has 0 bridgehead atoms. The number of hydrogen-bond donors (Lipinski definition) is 1. The maximum absolute atomic E-state index is 12.6. The Balaban J connectivity index is 2.14. The van der Waals surface area contributed by atoms with E-state index < -0.39 is 10.0 Å². The quantitative estimate of drug-likeness (QED) is 0.730. The van der Waals surface area contributed by atoms with Crippen molar-refractivity contribution in [2.24, 2.45) is 5.92 Å². The van der Waals surface area contributed by atoms with Gasteiger partial charge in [-0.25, -0.2) is 8.42 Å². The lowest BCUT2D eigenvalue weighted by atomic mass is 10.3. The normalized spacial score (nSPS) is 14.9. The molecule has 1 aliphatic carbocycles. The van der Waals surface area contributed by atoms with Gasteiger partial charge in [-0.15, -0.1) is 6.42 Å². The van der Waals surface area contributed by atoms with Crippen LogP contribution in [0, 0.1) is 18.3 Å². The second-order valence-corrected chi connectivity index (χ2v) is 6.93. The molecule has 1 saturated carbocycles. The maximum Gasteiger partial charge on any atom is 0.243 e. The van der Waals surface area contributed by atoms with Crippen molar-refractivity contribution in [1.29, 1.82) is 0 Å². The Morgan fingerprint density at radius 1 is 1.33 bits per heavy atom. The molecule has 0 amide bonds. The van der Waals surface area contributed by atoms with Gasteiger partial charge >= 0.3 is 0 Å². The first-order chi connectivity index (χ1) is 10.1. The standard InChI is InChI=1S/C15H19NO4S/c1-2-9-16(12-13-3-4-13)21(18,19)15-7-5-14(6-8-15)20-11-10-17/h1,5-8,13,17H,3-4,9-12H2. The van der Waals surface area contributed by atoms with Gasteiger partial charge in [0.15, 0.2) is 0 Å². The third-order valence-electron chi connectivity index (χ3n) is 3.25. The van der Waals surface area contributed by atoms with E-state index >= 15 is 0 Å². The van der Waals surface area contributed by atoms with Gasteiger partial charge in [-0.05, 0) is 43.0 Å². The van der Waals surface area contributed by atoms with Gasteiger partial charge in [-0.2, -0.15) is 4.31 Å². The summed E-state index contributed by atoms with van der Waals surface area (Å²) in [6, 6.07) is 6.15. The second kappa shape index (κ2) is 6.94. The van der Waals surface area contributed by atoms with Crippen LogP contribution in [-0.2, 0) is 10.0 Å². The van der Waals surface area contributed by atoms with Crippen molar-refractivity contribution in [3.8, 4) is 18.1 Å². The average Bonchev–Trinajstić information content (AvgIpc) is 3.29. The lowest BCUT2D eigenvalue weighted by molar-refractivity contribution is 0.201. The van der Waals surface area contributed by atoms with Gasteiger partial charge in [0.25, 0.3) is 0 Å². The highest BCUT2D eigenvalue weighted by molar-refractivity contribution is 7.89. The fourth-order valence-electron chi connectivity index (χ4n) is 1.96. The average molecular weight is 309 g/mol. The summed E-state index contributed by atoms with van der Waals surface area (Å²) in [5.41, 5.74) is 0. The van der Waals surface area contributed by atoms with Crippen LogP contribution in [0.15, 0.2) is 29.2 Å². The number of hydrogen-bond acceptors (Lipinski definition) is 4. The number of sulfonamides is 1. The minimum Gasteiger partial charge on any atom is -0.491 e. The van der Waals surface area contributed by atoms with E-state index in [9.17, 15) is 8.42 Å². The minimum absolute atomic E-state index is 0.0849. The van der Waals surface area contributed by atoms with Crippen LogP contribution in [-0.4, -0.2) is 44.1 Å². The summed E-state index contributed by atoms with van der Waals surface area (Å²) >= 11 is 0. The molecule has 0 atom stereocenters. The largest absolute Gasteiger partial charge is 0.491 e. The van der Waals surface area contributed by atoms with Crippen LogP contribution in [0.5, 0.6) is 5.75 Å². The summed E-state index contributed by atoms with van der Waals surface area (Å²) in [6.45, 7) is 0.658. The molecule has 0 saturated heterocycles. The van der Waals surface area contributed by atoms with Crippen molar-refractivity contribution < 1.29 is 18.3 Å². The van der Waals surface area contributed by atoms with Crippen molar-refractivity contribution in [1.82, 2.24) is 4.31 Å². The van der Waals surface area contributed by atoms with Gasteiger partial charge in [0.1, 0.15) is 12.4 Å². The van der Waals surface area contributed by atoms with Crippen molar-refractivity contribution >= 4 is 10.0 Å². The van der Waals surface area contributed by atoms with E-state index in [-0.39, 0.29) is 24.7 Å². The van der Waals surface area contributed by atoms with Crippen LogP contribution in [0.4, 0.5) is 0 Å². The zero-order chi connectivity index (χ0) is 15.3. The molecule has 6 heteroatoms. The van der Waals surface area contributed by atoms with E-state index in [2.05, 4.69) is 5.92 Å². The van der Waals surface area contributed by atoms with Gasteiger partial charge in [0.05, 0.1) is 18.0 Å². The maximum atomic E-state index is 12.6. The van der Waals surface area contributed by atoms with Crippen molar-refractivity contribution in [3.05, 3.63) is 24.3 Å². The Morgan fingerprint density at radius 3 is 2.52 bits per heavy atom. The number of aliphatic hydroxyl groups is 1. The number of terminal acetylenes is 1. The van der Waals surface area contributed by atoms with Gasteiger partial charge < -0.3 is 9.84 Å². The molecule has 1 fully saturated rings. The zero-order valence-corrected chi connectivity index (χ0v) is 12.6. The van der Waals surface area contributed by atoms with Crippen molar-refractivity contribution in [2.45, 2.75) is 17.7 Å². The Labute approximate surface area is 125 Å². The van der Waals surface area contributed by atoms with Crippen molar-refractivity contribution in [3.63, 3.8) is 0 Å². The first-order valence-corrected chi connectivity index (χ1v) is 8.29. The molecule has 0 aromatic heterocycles. The molecular weight excluding hydrogens is 290 g/mol. The zero-order valence-electron chi connectivity index (χ0n) is 11.7. The summed E-state index contributed by atoms with van der Waals surface area (Å²) < 4.78 is 31.7. The second-order valence-electron chi connectivity index (χ2n) is 4.99. The van der Waals surface area contributed by atoms with Gasteiger partial charge in [0, 0.05) is 6.54 Å². The number of benzene rings is 1. The van der Waals surface area contributed by atoms with E-state index in [1.54, 1.807) is 12.1 Å². The monoisotopic (exact) mass is 309 g/mol. The first-order valence-electron chi connectivity index (χ1n) is 6.85. The molecule has 2 rings (SSSR count). The molecule has 1 aromatic rings. The predicted molar refractivity (Wildman–Crippen MR) is 79.3 cm³/mol. The molecule has 0 aliphatic heterocycles. The lowest BCUT2D eigenvalue weighted by Crippen LogP contribution is -2.33. The fourth-order valence-corrected chi connectivity index (χ4v) is 3.39. The van der Waals surface area contributed by atoms with E-state index in [1.165, 1.54) is 16.4 Å². The number of rotatable bonds is 8. The van der Waals surface area contributed by atoms with Gasteiger partial charge in [-0.1, -0.05) is 5.92 Å². The summed E-state index contributed by atoms with van der Waals surface area (Å²) in [5.74, 6) is 3.36. The molecule has 0 spiro atoms. The van der Waals surface area contributed by atoms with Gasteiger partial charge in [-0.3, -0.25) is 0 Å². The molecule has 0 unspecified atom stereocenters. The number of nitrogens with zero attached hydrogens (tertiary/aromatic N) is 1. The van der Waals surface area contributed by atoms with Crippen LogP contribution < -0.4 is 4.74 Å². The molecule has 1 N–H and O–H groups in total. The Bertz CT molecular complexity index is 600. The highest BCUT2D eigenvalue weighted by Gasteiger charge is 2.31. The topological polar surface area (TPSA) is 66.8 Å².